The van der Waals surface area contributed by atoms with Gasteiger partial charge in [-0.05, 0) is 31.4 Å². The summed E-state index contributed by atoms with van der Waals surface area (Å²) in [6.45, 7) is 7.79. The molecule has 1 atom stereocenters. The molecule has 0 aliphatic rings. The summed E-state index contributed by atoms with van der Waals surface area (Å²) < 4.78 is 7.09. The van der Waals surface area contributed by atoms with Crippen molar-refractivity contribution in [3.8, 4) is 0 Å². The Labute approximate surface area is 151 Å². The summed E-state index contributed by atoms with van der Waals surface area (Å²) in [6, 6.07) is 4.11. The second-order valence-electron chi connectivity index (χ2n) is 6.59. The molecule has 2 N–H and O–H groups in total. The second-order valence-corrected chi connectivity index (χ2v) is 6.59. The van der Waals surface area contributed by atoms with Crippen molar-refractivity contribution in [2.75, 3.05) is 27.2 Å². The summed E-state index contributed by atoms with van der Waals surface area (Å²) in [4.78, 5) is 18.1. The Morgan fingerprint density at radius 2 is 2.16 bits per heavy atom. The van der Waals surface area contributed by atoms with E-state index in [0.29, 0.717) is 19.1 Å². The first-order chi connectivity index (χ1) is 11.9. The molecule has 1 amide bonds. The number of aliphatic imine (C=N–C) groups is 1. The number of carbonyl (C=O) groups excluding carboxylic acids is 1. The second kappa shape index (κ2) is 10.6. The molecule has 1 rings (SSSR count). The lowest BCUT2D eigenvalue weighted by atomic mass is 10.0. The maximum atomic E-state index is 11.7. The lowest BCUT2D eigenvalue weighted by Crippen LogP contribution is -2.48. The van der Waals surface area contributed by atoms with Crippen LogP contribution < -0.4 is 10.6 Å². The van der Waals surface area contributed by atoms with Crippen LogP contribution in [0.2, 0.25) is 0 Å². The van der Waals surface area contributed by atoms with Gasteiger partial charge in [0.25, 0.3) is 0 Å². The Bertz CT molecular complexity index is 553. The number of amides is 1. The Morgan fingerprint density at radius 3 is 2.68 bits per heavy atom. The molecule has 0 aliphatic heterocycles. The Kier molecular flexibility index (Phi) is 8.88. The zero-order valence-corrected chi connectivity index (χ0v) is 16.4. The highest BCUT2D eigenvalue weighted by atomic mass is 16.5. The monoisotopic (exact) mass is 351 g/mol. The summed E-state index contributed by atoms with van der Waals surface area (Å²) in [6.07, 6.45) is 2.52. The van der Waals surface area contributed by atoms with Gasteiger partial charge < -0.3 is 24.8 Å². The molecule has 7 nitrogen and oxygen atoms in total. The highest BCUT2D eigenvalue weighted by Gasteiger charge is 2.16. The molecule has 25 heavy (non-hydrogen) atoms. The average molecular weight is 351 g/mol. The molecule has 1 heterocycles. The first-order valence-electron chi connectivity index (χ1n) is 8.82. The molecule has 0 fully saturated rings. The molecule has 1 aromatic heterocycles. The number of alkyl carbamates (subject to hydrolysis) is 1. The smallest absolute Gasteiger partial charge is 0.407 e. The van der Waals surface area contributed by atoms with E-state index in [4.69, 9.17) is 4.74 Å². The van der Waals surface area contributed by atoms with Gasteiger partial charge in [0.15, 0.2) is 5.96 Å². The SMILES string of the molecule is CCOC(=O)NC(CNC(=NC)N(C)Cc1cccn1C)CC(C)C. The molecular weight excluding hydrogens is 318 g/mol. The van der Waals surface area contributed by atoms with Crippen LogP contribution >= 0.6 is 0 Å². The molecule has 0 aromatic carbocycles. The standard InChI is InChI=1S/C18H33N5O2/c1-7-25-18(24)21-15(11-14(2)3)12-20-17(19-4)23(6)13-16-9-8-10-22(16)5/h8-10,14-15H,7,11-13H2,1-6H3,(H,19,20)(H,21,24). The fourth-order valence-electron chi connectivity index (χ4n) is 2.68. The van der Waals surface area contributed by atoms with E-state index in [1.54, 1.807) is 14.0 Å². The number of guanidine groups is 1. The molecule has 0 aliphatic carbocycles. The fourth-order valence-corrected chi connectivity index (χ4v) is 2.68. The quantitative estimate of drug-likeness (QED) is 0.556. The van der Waals surface area contributed by atoms with Crippen LogP contribution in [-0.4, -0.2) is 54.8 Å². The zero-order valence-electron chi connectivity index (χ0n) is 16.4. The minimum absolute atomic E-state index is 0.0146. The number of nitrogens with zero attached hydrogens (tertiary/aromatic N) is 3. The average Bonchev–Trinajstić information content (AvgIpc) is 2.92. The Balaban J connectivity index is 2.61. The molecule has 0 saturated carbocycles. The van der Waals surface area contributed by atoms with Crippen LogP contribution in [0.25, 0.3) is 0 Å². The third-order valence-corrected chi connectivity index (χ3v) is 3.88. The van der Waals surface area contributed by atoms with E-state index in [9.17, 15) is 4.79 Å². The fraction of sp³-hybridized carbons (Fsp3) is 0.667. The first-order valence-corrected chi connectivity index (χ1v) is 8.82. The van der Waals surface area contributed by atoms with E-state index in [-0.39, 0.29) is 12.1 Å². The van der Waals surface area contributed by atoms with Crippen LogP contribution in [0.3, 0.4) is 0 Å². The maximum absolute atomic E-state index is 11.7. The van der Waals surface area contributed by atoms with Gasteiger partial charge in [0, 0.05) is 45.6 Å². The van der Waals surface area contributed by atoms with Crippen LogP contribution in [-0.2, 0) is 18.3 Å². The molecule has 0 spiro atoms. The van der Waals surface area contributed by atoms with Crippen LogP contribution in [0.5, 0.6) is 0 Å². The van der Waals surface area contributed by atoms with E-state index in [0.717, 1.165) is 18.9 Å². The van der Waals surface area contributed by atoms with Crippen LogP contribution in [0, 0.1) is 5.92 Å². The van der Waals surface area contributed by atoms with E-state index >= 15 is 0 Å². The summed E-state index contributed by atoms with van der Waals surface area (Å²) in [5.41, 5.74) is 1.20. The Morgan fingerprint density at radius 1 is 1.44 bits per heavy atom. The van der Waals surface area contributed by atoms with E-state index in [2.05, 4.69) is 45.0 Å². The van der Waals surface area contributed by atoms with Gasteiger partial charge in [-0.25, -0.2) is 4.79 Å². The zero-order chi connectivity index (χ0) is 18.8. The number of rotatable bonds is 8. The first kappa shape index (κ1) is 20.9. The largest absolute Gasteiger partial charge is 0.450 e. The highest BCUT2D eigenvalue weighted by Crippen LogP contribution is 2.06. The molecule has 7 heteroatoms. The summed E-state index contributed by atoms with van der Waals surface area (Å²) in [7, 11) is 5.79. The lowest BCUT2D eigenvalue weighted by molar-refractivity contribution is 0.146. The topological polar surface area (TPSA) is 70.9 Å². The van der Waals surface area contributed by atoms with Gasteiger partial charge in [-0.3, -0.25) is 4.99 Å². The van der Waals surface area contributed by atoms with Gasteiger partial charge in [0.1, 0.15) is 0 Å². The number of ether oxygens (including phenoxy) is 1. The third kappa shape index (κ3) is 7.49. The van der Waals surface area contributed by atoms with Gasteiger partial charge in [0.05, 0.1) is 13.2 Å². The summed E-state index contributed by atoms with van der Waals surface area (Å²) >= 11 is 0. The maximum Gasteiger partial charge on any atom is 0.407 e. The molecule has 142 valence electrons. The number of hydrogen-bond acceptors (Lipinski definition) is 3. The summed E-state index contributed by atoms with van der Waals surface area (Å²) in [5.74, 6) is 1.26. The van der Waals surface area contributed by atoms with E-state index in [1.165, 1.54) is 5.69 Å². The van der Waals surface area contributed by atoms with Crippen molar-refractivity contribution in [3.63, 3.8) is 0 Å². The number of hydrogen-bond donors (Lipinski definition) is 2. The normalized spacial score (nSPS) is 12.8. The van der Waals surface area contributed by atoms with Gasteiger partial charge in [-0.1, -0.05) is 13.8 Å². The van der Waals surface area contributed by atoms with Gasteiger partial charge >= 0.3 is 6.09 Å². The van der Waals surface area contributed by atoms with Crippen LogP contribution in [0.4, 0.5) is 4.79 Å². The van der Waals surface area contributed by atoms with Crippen molar-refractivity contribution in [2.45, 2.75) is 39.8 Å². The molecule has 0 radical (unpaired) electrons. The molecular formula is C18H33N5O2. The molecule has 1 unspecified atom stereocenters. The van der Waals surface area contributed by atoms with Crippen molar-refractivity contribution in [2.24, 2.45) is 18.0 Å². The van der Waals surface area contributed by atoms with Crippen LogP contribution in [0.15, 0.2) is 23.3 Å². The molecule has 1 aromatic rings. The van der Waals surface area contributed by atoms with Gasteiger partial charge in [-0.2, -0.15) is 0 Å². The lowest BCUT2D eigenvalue weighted by Gasteiger charge is -2.26. The Hall–Kier alpha value is -2.18. The number of nitrogens with one attached hydrogen (secondary N) is 2. The number of aryl methyl sites for hydroxylation is 1. The molecule has 0 saturated heterocycles. The number of aromatic nitrogens is 1. The third-order valence-electron chi connectivity index (χ3n) is 3.88. The number of carbonyl (C=O) groups is 1. The van der Waals surface area contributed by atoms with Crippen molar-refractivity contribution < 1.29 is 9.53 Å². The van der Waals surface area contributed by atoms with Crippen molar-refractivity contribution >= 4 is 12.1 Å². The predicted octanol–water partition coefficient (Wildman–Crippen LogP) is 2.19. The summed E-state index contributed by atoms with van der Waals surface area (Å²) in [5, 5.41) is 6.27. The van der Waals surface area contributed by atoms with E-state index < -0.39 is 0 Å². The van der Waals surface area contributed by atoms with Crippen LogP contribution in [0.1, 0.15) is 32.9 Å². The predicted molar refractivity (Wildman–Crippen MR) is 102 cm³/mol. The van der Waals surface area contributed by atoms with E-state index in [1.807, 2.05) is 26.4 Å². The van der Waals surface area contributed by atoms with Crippen molar-refractivity contribution in [1.82, 2.24) is 20.1 Å². The minimum atomic E-state index is -0.373. The van der Waals surface area contributed by atoms with Crippen molar-refractivity contribution in [3.05, 3.63) is 24.0 Å². The van der Waals surface area contributed by atoms with Crippen molar-refractivity contribution in [1.29, 1.82) is 0 Å². The highest BCUT2D eigenvalue weighted by molar-refractivity contribution is 5.79. The minimum Gasteiger partial charge on any atom is -0.450 e. The molecule has 0 bridgehead atoms. The van der Waals surface area contributed by atoms with Gasteiger partial charge in [0.2, 0.25) is 0 Å². The van der Waals surface area contributed by atoms with Gasteiger partial charge in [-0.15, -0.1) is 0 Å².